The van der Waals surface area contributed by atoms with Crippen molar-refractivity contribution >= 4 is 17.4 Å². The van der Waals surface area contributed by atoms with E-state index in [-0.39, 0.29) is 18.3 Å². The Hall–Kier alpha value is -3.07. The number of aliphatic imine (C=N–C) groups is 1. The Balaban J connectivity index is 1.69. The van der Waals surface area contributed by atoms with Crippen molar-refractivity contribution in [3.63, 3.8) is 0 Å². The molecule has 0 radical (unpaired) electrons. The quantitative estimate of drug-likeness (QED) is 0.717. The lowest BCUT2D eigenvalue weighted by Crippen LogP contribution is -2.38. The van der Waals surface area contributed by atoms with Crippen molar-refractivity contribution in [1.82, 2.24) is 9.80 Å². The number of nitrogens with zero attached hydrogens (tertiary/aromatic N) is 3. The van der Waals surface area contributed by atoms with Crippen LogP contribution in [0.4, 0.5) is 18.9 Å². The highest BCUT2D eigenvalue weighted by molar-refractivity contribution is 6.03. The molecule has 9 heteroatoms. The van der Waals surface area contributed by atoms with Crippen LogP contribution in [-0.4, -0.2) is 61.4 Å². The van der Waals surface area contributed by atoms with Crippen LogP contribution in [-0.2, 0) is 15.7 Å². The third-order valence-corrected chi connectivity index (χ3v) is 5.28. The topological polar surface area (TPSA) is 54.4 Å². The zero-order valence-corrected chi connectivity index (χ0v) is 17.0. The van der Waals surface area contributed by atoms with Crippen LogP contribution in [0.5, 0.6) is 11.5 Å². The van der Waals surface area contributed by atoms with Crippen molar-refractivity contribution < 1.29 is 27.4 Å². The average molecular weight is 433 g/mol. The fourth-order valence-corrected chi connectivity index (χ4v) is 3.73. The second kappa shape index (κ2) is 8.58. The van der Waals surface area contributed by atoms with E-state index in [0.717, 1.165) is 18.6 Å². The summed E-state index contributed by atoms with van der Waals surface area (Å²) >= 11 is 0. The number of rotatable bonds is 2. The fourth-order valence-electron chi connectivity index (χ4n) is 3.73. The molecule has 31 heavy (non-hydrogen) atoms. The molecular weight excluding hydrogens is 411 g/mol. The van der Waals surface area contributed by atoms with Gasteiger partial charge < -0.3 is 19.3 Å². The highest BCUT2D eigenvalue weighted by atomic mass is 19.4. The largest absolute Gasteiger partial charge is 0.454 e. The van der Waals surface area contributed by atoms with Gasteiger partial charge in [-0.1, -0.05) is 12.1 Å². The lowest BCUT2D eigenvalue weighted by Gasteiger charge is -2.25. The van der Waals surface area contributed by atoms with Crippen molar-refractivity contribution in [2.45, 2.75) is 12.6 Å². The number of amides is 1. The van der Waals surface area contributed by atoms with E-state index in [2.05, 4.69) is 4.90 Å². The van der Waals surface area contributed by atoms with Gasteiger partial charge in [-0.25, -0.2) is 4.99 Å². The molecule has 0 aromatic heterocycles. The predicted molar refractivity (Wildman–Crippen MR) is 109 cm³/mol. The molecule has 1 saturated heterocycles. The molecule has 1 amide bonds. The summed E-state index contributed by atoms with van der Waals surface area (Å²) < 4.78 is 50.4. The monoisotopic (exact) mass is 433 g/mol. The van der Waals surface area contributed by atoms with Crippen LogP contribution in [0.2, 0.25) is 0 Å². The number of carbonyl (C=O) groups excluding carboxylic acids is 1. The Morgan fingerprint density at radius 1 is 1.10 bits per heavy atom. The SMILES string of the molecule is COCC(=O)N1CCCN(C2=Nc3ccc(C(F)(F)F)cc3Oc3ccccc32)CC1. The number of hydrogen-bond acceptors (Lipinski definition) is 5. The van der Waals surface area contributed by atoms with Crippen LogP contribution in [0.25, 0.3) is 0 Å². The van der Waals surface area contributed by atoms with E-state index in [1.807, 2.05) is 12.1 Å². The molecule has 4 rings (SSSR count). The van der Waals surface area contributed by atoms with Gasteiger partial charge >= 0.3 is 6.18 Å². The molecule has 2 aromatic rings. The first-order valence-electron chi connectivity index (χ1n) is 9.95. The molecule has 2 aliphatic rings. The van der Waals surface area contributed by atoms with E-state index in [9.17, 15) is 18.0 Å². The van der Waals surface area contributed by atoms with Gasteiger partial charge in [0.1, 0.15) is 23.9 Å². The Labute approximate surface area is 177 Å². The zero-order chi connectivity index (χ0) is 22.0. The molecule has 0 unspecified atom stereocenters. The summed E-state index contributed by atoms with van der Waals surface area (Å²) in [6.45, 7) is 2.34. The van der Waals surface area contributed by atoms with Crippen LogP contribution in [0, 0.1) is 0 Å². The summed E-state index contributed by atoms with van der Waals surface area (Å²) in [6, 6.07) is 10.5. The second-order valence-corrected chi connectivity index (χ2v) is 7.37. The van der Waals surface area contributed by atoms with Crippen LogP contribution in [0.3, 0.4) is 0 Å². The van der Waals surface area contributed by atoms with Crippen molar-refractivity contribution in [2.24, 2.45) is 4.99 Å². The van der Waals surface area contributed by atoms with Gasteiger partial charge in [0.2, 0.25) is 5.91 Å². The number of carbonyl (C=O) groups is 1. The van der Waals surface area contributed by atoms with Crippen LogP contribution < -0.4 is 4.74 Å². The number of methoxy groups -OCH3 is 1. The van der Waals surface area contributed by atoms with Gasteiger partial charge in [-0.15, -0.1) is 0 Å². The molecule has 6 nitrogen and oxygen atoms in total. The maximum atomic E-state index is 13.2. The molecular formula is C22H22F3N3O3. The van der Waals surface area contributed by atoms with Crippen molar-refractivity contribution in [3.05, 3.63) is 53.6 Å². The molecule has 2 heterocycles. The average Bonchev–Trinajstić information content (AvgIpc) is 3.07. The number of para-hydroxylation sites is 1. The van der Waals surface area contributed by atoms with Gasteiger partial charge in [-0.3, -0.25) is 4.79 Å². The first kappa shape index (κ1) is 21.2. The molecule has 2 aliphatic heterocycles. The Bertz CT molecular complexity index is 1010. The molecule has 0 aliphatic carbocycles. The summed E-state index contributed by atoms with van der Waals surface area (Å²) in [5, 5.41) is 0. The summed E-state index contributed by atoms with van der Waals surface area (Å²) in [4.78, 5) is 20.7. The van der Waals surface area contributed by atoms with Crippen LogP contribution >= 0.6 is 0 Å². The maximum Gasteiger partial charge on any atom is 0.416 e. The second-order valence-electron chi connectivity index (χ2n) is 7.37. The molecule has 1 fully saturated rings. The summed E-state index contributed by atoms with van der Waals surface area (Å²) in [5.41, 5.74) is 0.240. The Kier molecular flexibility index (Phi) is 5.86. The summed E-state index contributed by atoms with van der Waals surface area (Å²) in [5.74, 6) is 1.05. The van der Waals surface area contributed by atoms with E-state index in [1.165, 1.54) is 13.2 Å². The smallest absolute Gasteiger partial charge is 0.416 e. The molecule has 2 aromatic carbocycles. The third kappa shape index (κ3) is 4.51. The minimum absolute atomic E-state index is 0.0343. The molecule has 0 saturated carbocycles. The van der Waals surface area contributed by atoms with Crippen molar-refractivity contribution in [3.8, 4) is 11.5 Å². The van der Waals surface area contributed by atoms with E-state index in [1.54, 1.807) is 17.0 Å². The highest BCUT2D eigenvalue weighted by Gasteiger charge is 2.32. The van der Waals surface area contributed by atoms with Gasteiger partial charge in [-0.05, 0) is 36.8 Å². The van der Waals surface area contributed by atoms with Gasteiger partial charge in [-0.2, -0.15) is 13.2 Å². The molecule has 0 spiro atoms. The zero-order valence-electron chi connectivity index (χ0n) is 17.0. The number of hydrogen-bond donors (Lipinski definition) is 0. The van der Waals surface area contributed by atoms with Crippen LogP contribution in [0.1, 0.15) is 17.5 Å². The first-order chi connectivity index (χ1) is 14.9. The summed E-state index contributed by atoms with van der Waals surface area (Å²) in [6.07, 6.45) is -3.74. The van der Waals surface area contributed by atoms with Crippen molar-refractivity contribution in [1.29, 1.82) is 0 Å². The van der Waals surface area contributed by atoms with Gasteiger partial charge in [0.25, 0.3) is 0 Å². The van der Waals surface area contributed by atoms with E-state index in [0.29, 0.717) is 49.0 Å². The summed E-state index contributed by atoms with van der Waals surface area (Å²) in [7, 11) is 1.49. The minimum Gasteiger partial charge on any atom is -0.454 e. The van der Waals surface area contributed by atoms with Gasteiger partial charge in [0.15, 0.2) is 5.75 Å². The molecule has 0 bridgehead atoms. The number of alkyl halides is 3. The fraction of sp³-hybridized carbons (Fsp3) is 0.364. The Morgan fingerprint density at radius 3 is 2.68 bits per heavy atom. The minimum atomic E-state index is -4.47. The van der Waals surface area contributed by atoms with Crippen LogP contribution in [0.15, 0.2) is 47.5 Å². The highest BCUT2D eigenvalue weighted by Crippen LogP contribution is 2.41. The maximum absolute atomic E-state index is 13.2. The van der Waals surface area contributed by atoms with Crippen molar-refractivity contribution in [2.75, 3.05) is 39.9 Å². The Morgan fingerprint density at radius 2 is 1.90 bits per heavy atom. The molecule has 0 N–H and O–H groups in total. The van der Waals surface area contributed by atoms with Gasteiger partial charge in [0.05, 0.1) is 11.1 Å². The number of halogens is 3. The van der Waals surface area contributed by atoms with Gasteiger partial charge in [0, 0.05) is 33.3 Å². The normalized spacial score (nSPS) is 16.5. The number of ether oxygens (including phenoxy) is 2. The molecule has 0 atom stereocenters. The van der Waals surface area contributed by atoms with E-state index in [4.69, 9.17) is 14.5 Å². The van der Waals surface area contributed by atoms with E-state index < -0.39 is 11.7 Å². The third-order valence-electron chi connectivity index (χ3n) is 5.28. The van der Waals surface area contributed by atoms with E-state index >= 15 is 0 Å². The number of fused-ring (bicyclic) bond motifs is 2. The number of amidine groups is 1. The predicted octanol–water partition coefficient (Wildman–Crippen LogP) is 4.07. The molecule has 164 valence electrons. The lowest BCUT2D eigenvalue weighted by atomic mass is 10.1. The standard InChI is InChI=1S/C22H22F3N3O3/c1-30-14-20(29)27-9-4-10-28(12-11-27)21-16-5-2-3-6-18(16)31-19-13-15(22(23,24)25)7-8-17(19)26-21/h2-3,5-8,13H,4,9-12,14H2,1H3. The lowest BCUT2D eigenvalue weighted by molar-refractivity contribution is -0.137. The first-order valence-corrected chi connectivity index (χ1v) is 9.95. The number of benzene rings is 2.